The van der Waals surface area contributed by atoms with Crippen LogP contribution in [0.15, 0.2) is 53.1 Å². The van der Waals surface area contributed by atoms with Crippen LogP contribution in [0.3, 0.4) is 0 Å². The molecular formula is C16H12BrClN2O. The number of nitrogens with zero attached hydrogens (tertiary/aromatic N) is 1. The van der Waals surface area contributed by atoms with Crippen molar-refractivity contribution in [1.82, 2.24) is 4.98 Å². The van der Waals surface area contributed by atoms with E-state index >= 15 is 0 Å². The van der Waals surface area contributed by atoms with E-state index in [1.807, 2.05) is 36.4 Å². The number of rotatable bonds is 3. The molecule has 0 aliphatic heterocycles. The van der Waals surface area contributed by atoms with Gasteiger partial charge in [-0.2, -0.15) is 0 Å². The van der Waals surface area contributed by atoms with Gasteiger partial charge in [0.25, 0.3) is 0 Å². The molecule has 0 fully saturated rings. The molecule has 0 radical (unpaired) electrons. The smallest absolute Gasteiger partial charge is 0.147 e. The fourth-order valence-corrected chi connectivity index (χ4v) is 2.58. The maximum Gasteiger partial charge on any atom is 0.147 e. The topological polar surface area (TPSA) is 48.1 Å². The first-order valence-corrected chi connectivity index (χ1v) is 7.55. The minimum absolute atomic E-state index is 0.346. The molecule has 2 N–H and O–H groups in total. The Hall–Kier alpha value is -1.62. The Balaban J connectivity index is 2.16. The van der Waals surface area contributed by atoms with Gasteiger partial charge in [0.1, 0.15) is 11.5 Å². The number of ether oxygens (including phenoxy) is 1. The van der Waals surface area contributed by atoms with Crippen LogP contribution in [0.5, 0.6) is 11.5 Å². The Kier molecular flexibility index (Phi) is 4.10. The fourth-order valence-electron chi connectivity index (χ4n) is 2.09. The molecule has 1 heterocycles. The lowest BCUT2D eigenvalue weighted by molar-refractivity contribution is 0.481. The van der Waals surface area contributed by atoms with Crippen LogP contribution in [-0.4, -0.2) is 4.98 Å². The summed E-state index contributed by atoms with van der Waals surface area (Å²) >= 11 is 9.62. The van der Waals surface area contributed by atoms with Crippen molar-refractivity contribution in [2.75, 3.05) is 0 Å². The lowest BCUT2D eigenvalue weighted by atomic mass is 10.1. The number of hydrogen-bond acceptors (Lipinski definition) is 3. The van der Waals surface area contributed by atoms with Gasteiger partial charge in [0.15, 0.2) is 0 Å². The van der Waals surface area contributed by atoms with Gasteiger partial charge in [0, 0.05) is 28.2 Å². The van der Waals surface area contributed by atoms with Gasteiger partial charge >= 0.3 is 0 Å². The monoisotopic (exact) mass is 362 g/mol. The third-order valence-corrected chi connectivity index (χ3v) is 3.93. The maximum absolute atomic E-state index is 6.20. The number of pyridine rings is 1. The average molecular weight is 364 g/mol. The Bertz CT molecular complexity index is 807. The molecule has 0 saturated heterocycles. The number of aromatic nitrogens is 1. The second kappa shape index (κ2) is 6.02. The van der Waals surface area contributed by atoms with Gasteiger partial charge in [-0.25, -0.2) is 0 Å². The number of fused-ring (bicyclic) bond motifs is 1. The molecule has 1 aromatic heterocycles. The number of hydrogen-bond donors (Lipinski definition) is 1. The third-order valence-electron chi connectivity index (χ3n) is 3.12. The number of nitrogens with two attached hydrogens (primary N) is 1. The second-order valence-corrected chi connectivity index (χ2v) is 5.83. The van der Waals surface area contributed by atoms with Gasteiger partial charge < -0.3 is 10.5 Å². The first-order valence-electron chi connectivity index (χ1n) is 6.38. The molecule has 21 heavy (non-hydrogen) atoms. The molecule has 0 amide bonds. The van der Waals surface area contributed by atoms with Gasteiger partial charge in [0.2, 0.25) is 0 Å². The van der Waals surface area contributed by atoms with Crippen LogP contribution < -0.4 is 10.5 Å². The summed E-state index contributed by atoms with van der Waals surface area (Å²) in [5.41, 5.74) is 7.50. The molecule has 0 bridgehead atoms. The molecule has 0 saturated carbocycles. The molecule has 0 atom stereocenters. The van der Waals surface area contributed by atoms with Gasteiger partial charge in [-0.05, 0) is 30.3 Å². The van der Waals surface area contributed by atoms with Gasteiger partial charge in [-0.3, -0.25) is 4.98 Å². The van der Waals surface area contributed by atoms with Gasteiger partial charge in [0.05, 0.1) is 10.5 Å². The minimum atomic E-state index is 0.346. The molecule has 0 aliphatic rings. The van der Waals surface area contributed by atoms with E-state index in [4.69, 9.17) is 22.1 Å². The van der Waals surface area contributed by atoms with Crippen LogP contribution in [0.25, 0.3) is 10.9 Å². The summed E-state index contributed by atoms with van der Waals surface area (Å²) in [6.07, 6.45) is 1.74. The lowest BCUT2D eigenvalue weighted by Gasteiger charge is -2.14. The van der Waals surface area contributed by atoms with E-state index in [1.165, 1.54) is 0 Å². The molecule has 3 rings (SSSR count). The molecule has 0 spiro atoms. The Labute approximate surface area is 135 Å². The van der Waals surface area contributed by atoms with Crippen molar-refractivity contribution in [3.63, 3.8) is 0 Å². The summed E-state index contributed by atoms with van der Waals surface area (Å²) in [5, 5.41) is 1.46. The van der Waals surface area contributed by atoms with Gasteiger partial charge in [-0.15, -0.1) is 0 Å². The summed E-state index contributed by atoms with van der Waals surface area (Å²) < 4.78 is 6.94. The highest BCUT2D eigenvalue weighted by Gasteiger charge is 2.12. The fraction of sp³-hybridized carbons (Fsp3) is 0.0625. The number of benzene rings is 2. The molecule has 3 nitrogen and oxygen atoms in total. The van der Waals surface area contributed by atoms with Crippen LogP contribution in [0.2, 0.25) is 5.02 Å². The zero-order valence-corrected chi connectivity index (χ0v) is 13.4. The molecule has 0 aliphatic carbocycles. The first kappa shape index (κ1) is 14.3. The molecule has 106 valence electrons. The predicted molar refractivity (Wildman–Crippen MR) is 88.9 cm³/mol. The van der Waals surface area contributed by atoms with Crippen molar-refractivity contribution < 1.29 is 4.74 Å². The van der Waals surface area contributed by atoms with E-state index < -0.39 is 0 Å². The van der Waals surface area contributed by atoms with E-state index in [2.05, 4.69) is 20.9 Å². The SMILES string of the molecule is NCc1cnc2ccccc2c1Oc1cc(Br)ccc1Cl. The maximum atomic E-state index is 6.20. The summed E-state index contributed by atoms with van der Waals surface area (Å²) in [5.74, 6) is 1.28. The van der Waals surface area contributed by atoms with Gasteiger partial charge in [-0.1, -0.05) is 39.7 Å². The highest BCUT2D eigenvalue weighted by Crippen LogP contribution is 2.36. The van der Waals surface area contributed by atoms with E-state index in [0.29, 0.717) is 23.1 Å². The van der Waals surface area contributed by atoms with Crippen molar-refractivity contribution in [3.05, 3.63) is 63.7 Å². The van der Waals surface area contributed by atoms with Crippen LogP contribution in [0, 0.1) is 0 Å². The van der Waals surface area contributed by atoms with Crippen molar-refractivity contribution in [1.29, 1.82) is 0 Å². The summed E-state index contributed by atoms with van der Waals surface area (Å²) in [6, 6.07) is 13.3. The average Bonchev–Trinajstić information content (AvgIpc) is 2.51. The normalized spacial score (nSPS) is 10.8. The quantitative estimate of drug-likeness (QED) is 0.720. The zero-order valence-electron chi connectivity index (χ0n) is 11.0. The molecule has 3 aromatic rings. The molecular weight excluding hydrogens is 352 g/mol. The van der Waals surface area contributed by atoms with E-state index in [9.17, 15) is 0 Å². The highest BCUT2D eigenvalue weighted by atomic mass is 79.9. The Morgan fingerprint density at radius 2 is 2.00 bits per heavy atom. The first-order chi connectivity index (χ1) is 10.2. The minimum Gasteiger partial charge on any atom is -0.455 e. The van der Waals surface area contributed by atoms with Crippen molar-refractivity contribution in [3.8, 4) is 11.5 Å². The lowest BCUT2D eigenvalue weighted by Crippen LogP contribution is -2.01. The largest absolute Gasteiger partial charge is 0.455 e. The third kappa shape index (κ3) is 2.88. The van der Waals surface area contributed by atoms with E-state index in [1.54, 1.807) is 12.3 Å². The van der Waals surface area contributed by atoms with Crippen molar-refractivity contribution in [2.24, 2.45) is 5.73 Å². The Morgan fingerprint density at radius 1 is 1.19 bits per heavy atom. The highest BCUT2D eigenvalue weighted by molar-refractivity contribution is 9.10. The second-order valence-electron chi connectivity index (χ2n) is 4.51. The van der Waals surface area contributed by atoms with Crippen molar-refractivity contribution >= 4 is 38.4 Å². The van der Waals surface area contributed by atoms with Crippen LogP contribution in [-0.2, 0) is 6.54 Å². The standard InChI is InChI=1S/C16H12BrClN2O/c17-11-5-6-13(18)15(7-11)21-16-10(8-19)9-20-14-4-2-1-3-12(14)16/h1-7,9H,8,19H2. The van der Waals surface area contributed by atoms with Crippen molar-refractivity contribution in [2.45, 2.75) is 6.54 Å². The summed E-state index contributed by atoms with van der Waals surface area (Å²) in [6.45, 7) is 0.346. The molecule has 0 unspecified atom stereocenters. The summed E-state index contributed by atoms with van der Waals surface area (Å²) in [4.78, 5) is 4.39. The van der Waals surface area contributed by atoms with E-state index in [0.717, 1.165) is 20.9 Å². The number of halogens is 2. The summed E-state index contributed by atoms with van der Waals surface area (Å²) in [7, 11) is 0. The zero-order chi connectivity index (χ0) is 14.8. The number of para-hydroxylation sites is 1. The Morgan fingerprint density at radius 3 is 2.81 bits per heavy atom. The molecule has 2 aromatic carbocycles. The predicted octanol–water partition coefficient (Wildman–Crippen LogP) is 4.90. The van der Waals surface area contributed by atoms with Crippen LogP contribution in [0.1, 0.15) is 5.56 Å². The molecule has 5 heteroatoms. The van der Waals surface area contributed by atoms with E-state index in [-0.39, 0.29) is 0 Å². The van der Waals surface area contributed by atoms with Crippen LogP contribution >= 0.6 is 27.5 Å². The van der Waals surface area contributed by atoms with Crippen LogP contribution in [0.4, 0.5) is 0 Å².